The van der Waals surface area contributed by atoms with Crippen molar-refractivity contribution >= 4 is 0 Å². The van der Waals surface area contributed by atoms with E-state index >= 15 is 0 Å². The average Bonchev–Trinajstić information content (AvgIpc) is 2.88. The highest BCUT2D eigenvalue weighted by Gasteiger charge is 2.35. The van der Waals surface area contributed by atoms with E-state index in [9.17, 15) is 0 Å². The van der Waals surface area contributed by atoms with Gasteiger partial charge in [0.1, 0.15) is 0 Å². The Balaban J connectivity index is 1.83. The highest BCUT2D eigenvalue weighted by Crippen LogP contribution is 2.33. The summed E-state index contributed by atoms with van der Waals surface area (Å²) in [7, 11) is 4.40. The summed E-state index contributed by atoms with van der Waals surface area (Å²) in [6, 6.07) is 2.02. The van der Waals surface area contributed by atoms with Gasteiger partial charge in [0.2, 0.25) is 0 Å². The fourth-order valence-corrected chi connectivity index (χ4v) is 2.65. The van der Waals surface area contributed by atoms with Crippen LogP contribution in [0.2, 0.25) is 0 Å². The van der Waals surface area contributed by atoms with Crippen molar-refractivity contribution in [3.8, 4) is 0 Å². The number of hydrogen-bond acceptors (Lipinski definition) is 3. The Hall–Kier alpha value is -0.800. The van der Waals surface area contributed by atoms with Gasteiger partial charge in [-0.05, 0) is 33.0 Å². The van der Waals surface area contributed by atoms with Gasteiger partial charge in [0.15, 0.2) is 0 Å². The minimum Gasteiger partial charge on any atom is -0.472 e. The number of rotatable bonds is 5. The van der Waals surface area contributed by atoms with Gasteiger partial charge in [0.25, 0.3) is 0 Å². The zero-order valence-corrected chi connectivity index (χ0v) is 10.3. The molecule has 3 nitrogen and oxygen atoms in total. The predicted octanol–water partition coefficient (Wildman–Crippen LogP) is 2.24. The highest BCUT2D eigenvalue weighted by molar-refractivity contribution is 5.05. The molecule has 3 heteroatoms. The minimum absolute atomic E-state index is 0.379. The van der Waals surface area contributed by atoms with E-state index in [0.717, 1.165) is 13.1 Å². The molecule has 0 amide bonds. The van der Waals surface area contributed by atoms with E-state index in [-0.39, 0.29) is 0 Å². The molecule has 1 aromatic rings. The second kappa shape index (κ2) is 5.02. The van der Waals surface area contributed by atoms with Crippen LogP contribution in [0.3, 0.4) is 0 Å². The van der Waals surface area contributed by atoms with Gasteiger partial charge in [0, 0.05) is 24.2 Å². The normalized spacial score (nSPS) is 19.4. The standard InChI is InChI=1S/C13H22N2O/c1-15(2)13(6-3-4-7-13)11-14-9-12-5-8-16-10-12/h5,8,10,14H,3-4,6-7,9,11H2,1-2H3. The van der Waals surface area contributed by atoms with E-state index in [4.69, 9.17) is 4.42 Å². The zero-order chi connectivity index (χ0) is 11.4. The molecule has 0 aliphatic heterocycles. The summed E-state index contributed by atoms with van der Waals surface area (Å²) in [5.74, 6) is 0. The Morgan fingerprint density at radius 2 is 2.12 bits per heavy atom. The molecule has 2 rings (SSSR count). The van der Waals surface area contributed by atoms with E-state index in [2.05, 4.69) is 24.3 Å². The van der Waals surface area contributed by atoms with Crippen molar-refractivity contribution in [2.75, 3.05) is 20.6 Å². The first kappa shape index (κ1) is 11.7. The van der Waals surface area contributed by atoms with Gasteiger partial charge >= 0.3 is 0 Å². The van der Waals surface area contributed by atoms with Crippen molar-refractivity contribution in [2.24, 2.45) is 0 Å². The van der Waals surface area contributed by atoms with Crippen LogP contribution in [0, 0.1) is 0 Å². The van der Waals surface area contributed by atoms with Gasteiger partial charge in [-0.15, -0.1) is 0 Å². The summed E-state index contributed by atoms with van der Waals surface area (Å²) in [6.45, 7) is 1.98. The summed E-state index contributed by atoms with van der Waals surface area (Å²) in [5, 5.41) is 3.55. The third-order valence-electron chi connectivity index (χ3n) is 3.85. The lowest BCUT2D eigenvalue weighted by molar-refractivity contribution is 0.153. The van der Waals surface area contributed by atoms with Gasteiger partial charge in [-0.3, -0.25) is 0 Å². The number of nitrogens with zero attached hydrogens (tertiary/aromatic N) is 1. The third kappa shape index (κ3) is 2.47. The molecule has 1 aromatic heterocycles. The molecule has 16 heavy (non-hydrogen) atoms. The lowest BCUT2D eigenvalue weighted by atomic mass is 9.96. The summed E-state index contributed by atoms with van der Waals surface area (Å²) in [4.78, 5) is 2.39. The largest absolute Gasteiger partial charge is 0.472 e. The molecule has 0 unspecified atom stereocenters. The Labute approximate surface area is 97.8 Å². The lowest BCUT2D eigenvalue weighted by Gasteiger charge is -2.36. The molecule has 1 heterocycles. The number of likely N-dealkylation sites (N-methyl/N-ethyl adjacent to an activating group) is 1. The fourth-order valence-electron chi connectivity index (χ4n) is 2.65. The van der Waals surface area contributed by atoms with Crippen molar-refractivity contribution in [3.05, 3.63) is 24.2 Å². The molecule has 0 radical (unpaired) electrons. The summed E-state index contributed by atoms with van der Waals surface area (Å²) >= 11 is 0. The molecule has 1 fully saturated rings. The van der Waals surface area contributed by atoms with E-state index in [1.165, 1.54) is 31.2 Å². The van der Waals surface area contributed by atoms with Crippen molar-refractivity contribution in [3.63, 3.8) is 0 Å². The van der Waals surface area contributed by atoms with Gasteiger partial charge < -0.3 is 14.6 Å². The molecule has 0 spiro atoms. The van der Waals surface area contributed by atoms with E-state index in [1.807, 2.05) is 12.3 Å². The van der Waals surface area contributed by atoms with Crippen molar-refractivity contribution in [2.45, 2.75) is 37.8 Å². The van der Waals surface area contributed by atoms with Crippen molar-refractivity contribution < 1.29 is 4.42 Å². The molecule has 0 atom stereocenters. The number of nitrogens with one attached hydrogen (secondary N) is 1. The maximum absolute atomic E-state index is 5.06. The molecule has 0 bridgehead atoms. The second-order valence-electron chi connectivity index (χ2n) is 5.06. The monoisotopic (exact) mass is 222 g/mol. The minimum atomic E-state index is 0.379. The van der Waals surface area contributed by atoms with Crippen LogP contribution in [0.5, 0.6) is 0 Å². The zero-order valence-electron chi connectivity index (χ0n) is 10.3. The Morgan fingerprint density at radius 3 is 2.69 bits per heavy atom. The van der Waals surface area contributed by atoms with E-state index in [0.29, 0.717) is 5.54 Å². The fraction of sp³-hybridized carbons (Fsp3) is 0.692. The molecule has 1 aliphatic rings. The summed E-state index contributed by atoms with van der Waals surface area (Å²) < 4.78 is 5.06. The predicted molar refractivity (Wildman–Crippen MR) is 65.3 cm³/mol. The highest BCUT2D eigenvalue weighted by atomic mass is 16.3. The maximum Gasteiger partial charge on any atom is 0.0947 e. The van der Waals surface area contributed by atoms with Crippen molar-refractivity contribution in [1.29, 1.82) is 0 Å². The van der Waals surface area contributed by atoms with Crippen LogP contribution in [0.15, 0.2) is 23.0 Å². The molecule has 0 aromatic carbocycles. The van der Waals surface area contributed by atoms with Gasteiger partial charge in [-0.1, -0.05) is 12.8 Å². The quantitative estimate of drug-likeness (QED) is 0.828. The first-order valence-electron chi connectivity index (χ1n) is 6.12. The summed E-state index contributed by atoms with van der Waals surface area (Å²) in [6.07, 6.45) is 8.91. The Kier molecular flexibility index (Phi) is 3.66. The summed E-state index contributed by atoms with van der Waals surface area (Å²) in [5.41, 5.74) is 1.61. The average molecular weight is 222 g/mol. The molecular weight excluding hydrogens is 200 g/mol. The van der Waals surface area contributed by atoms with Crippen LogP contribution in [0.4, 0.5) is 0 Å². The first-order chi connectivity index (χ1) is 7.73. The van der Waals surface area contributed by atoms with Crippen LogP contribution in [-0.4, -0.2) is 31.1 Å². The molecular formula is C13H22N2O. The lowest BCUT2D eigenvalue weighted by Crippen LogP contribution is -2.49. The number of furan rings is 1. The van der Waals surface area contributed by atoms with E-state index in [1.54, 1.807) is 6.26 Å². The van der Waals surface area contributed by atoms with Gasteiger partial charge in [-0.2, -0.15) is 0 Å². The third-order valence-corrected chi connectivity index (χ3v) is 3.85. The first-order valence-corrected chi connectivity index (χ1v) is 6.12. The van der Waals surface area contributed by atoms with Crippen LogP contribution >= 0.6 is 0 Å². The van der Waals surface area contributed by atoms with Crippen LogP contribution in [0.1, 0.15) is 31.2 Å². The van der Waals surface area contributed by atoms with Gasteiger partial charge in [-0.25, -0.2) is 0 Å². The molecule has 0 saturated heterocycles. The molecule has 90 valence electrons. The smallest absolute Gasteiger partial charge is 0.0947 e. The van der Waals surface area contributed by atoms with Gasteiger partial charge in [0.05, 0.1) is 12.5 Å². The Bertz CT molecular complexity index is 300. The topological polar surface area (TPSA) is 28.4 Å². The molecule has 1 aliphatic carbocycles. The number of hydrogen-bond donors (Lipinski definition) is 1. The van der Waals surface area contributed by atoms with Crippen molar-refractivity contribution in [1.82, 2.24) is 10.2 Å². The SMILES string of the molecule is CN(C)C1(CNCc2ccoc2)CCCC1. The molecule has 1 saturated carbocycles. The second-order valence-corrected chi connectivity index (χ2v) is 5.06. The molecule has 1 N–H and O–H groups in total. The van der Waals surface area contributed by atoms with E-state index < -0.39 is 0 Å². The van der Waals surface area contributed by atoms with Crippen LogP contribution in [-0.2, 0) is 6.54 Å². The maximum atomic E-state index is 5.06. The van der Waals surface area contributed by atoms with Crippen LogP contribution < -0.4 is 5.32 Å². The Morgan fingerprint density at radius 1 is 1.38 bits per heavy atom. The van der Waals surface area contributed by atoms with Crippen LogP contribution in [0.25, 0.3) is 0 Å².